The third-order valence-electron chi connectivity index (χ3n) is 3.81. The maximum Gasteiger partial charge on any atom is 0.338 e. The van der Waals surface area contributed by atoms with Crippen LogP contribution in [0, 0.1) is 0 Å². The number of fused-ring (bicyclic) bond motifs is 2. The van der Waals surface area contributed by atoms with E-state index in [2.05, 4.69) is 0 Å². The van der Waals surface area contributed by atoms with Gasteiger partial charge in [-0.1, -0.05) is 29.8 Å². The Morgan fingerprint density at radius 2 is 1.77 bits per heavy atom. The predicted octanol–water partition coefficient (Wildman–Crippen LogP) is 2.15. The summed E-state index contributed by atoms with van der Waals surface area (Å²) in [5.74, 6) is -1.23. The molecule has 0 aromatic heterocycles. The zero-order chi connectivity index (χ0) is 15.9. The van der Waals surface area contributed by atoms with Gasteiger partial charge in [0.05, 0.1) is 25.4 Å². The molecule has 2 atom stereocenters. The van der Waals surface area contributed by atoms with E-state index in [0.717, 1.165) is 0 Å². The highest BCUT2D eigenvalue weighted by atomic mass is 35.5. The normalized spacial score (nSPS) is 25.5. The number of hydrogen-bond donors (Lipinski definition) is 0. The minimum Gasteiger partial charge on any atom is -0.466 e. The van der Waals surface area contributed by atoms with Crippen LogP contribution in [-0.4, -0.2) is 32.3 Å². The smallest absolute Gasteiger partial charge is 0.338 e. The standard InChI is InChI=1S/C16H13ClO5/c1-20-14(18)12-11-7-8-16(22-11,13(12)15(19)21-2)9-3-5-10(17)6-4-9/h3-8,11H,1-2H3. The Hall–Kier alpha value is -2.11. The molecule has 0 aliphatic carbocycles. The first-order valence-electron chi connectivity index (χ1n) is 6.58. The van der Waals surface area contributed by atoms with Gasteiger partial charge >= 0.3 is 11.9 Å². The van der Waals surface area contributed by atoms with Crippen LogP contribution in [0.25, 0.3) is 0 Å². The van der Waals surface area contributed by atoms with E-state index in [1.165, 1.54) is 14.2 Å². The third-order valence-corrected chi connectivity index (χ3v) is 4.06. The molecular formula is C16H13ClO5. The first-order chi connectivity index (χ1) is 10.5. The summed E-state index contributed by atoms with van der Waals surface area (Å²) in [6, 6.07) is 6.89. The highest BCUT2D eigenvalue weighted by molar-refractivity contribution is 6.30. The summed E-state index contributed by atoms with van der Waals surface area (Å²) >= 11 is 5.91. The van der Waals surface area contributed by atoms with Crippen molar-refractivity contribution < 1.29 is 23.8 Å². The van der Waals surface area contributed by atoms with Gasteiger partial charge in [-0.05, 0) is 23.8 Å². The Bertz CT molecular complexity index is 704. The lowest BCUT2D eigenvalue weighted by Crippen LogP contribution is -2.30. The number of halogens is 1. The molecule has 114 valence electrons. The van der Waals surface area contributed by atoms with Crippen molar-refractivity contribution in [3.05, 3.63) is 58.1 Å². The van der Waals surface area contributed by atoms with Crippen molar-refractivity contribution in [3.8, 4) is 0 Å². The molecule has 5 nitrogen and oxygen atoms in total. The average Bonchev–Trinajstić information content (AvgIpc) is 3.11. The summed E-state index contributed by atoms with van der Waals surface area (Å²) in [5, 5.41) is 0.563. The second-order valence-electron chi connectivity index (χ2n) is 4.91. The quantitative estimate of drug-likeness (QED) is 0.631. The molecule has 2 unspecified atom stereocenters. The first-order valence-corrected chi connectivity index (χ1v) is 6.96. The van der Waals surface area contributed by atoms with E-state index in [0.29, 0.717) is 10.6 Å². The van der Waals surface area contributed by atoms with Crippen molar-refractivity contribution in [3.63, 3.8) is 0 Å². The molecule has 2 aliphatic rings. The van der Waals surface area contributed by atoms with Gasteiger partial charge in [0.1, 0.15) is 11.7 Å². The molecular weight excluding hydrogens is 308 g/mol. The largest absolute Gasteiger partial charge is 0.466 e. The second kappa shape index (κ2) is 5.26. The van der Waals surface area contributed by atoms with Gasteiger partial charge in [0.25, 0.3) is 0 Å². The number of esters is 2. The predicted molar refractivity (Wildman–Crippen MR) is 78.2 cm³/mol. The summed E-state index contributed by atoms with van der Waals surface area (Å²) < 4.78 is 15.5. The molecule has 0 fully saturated rings. The Morgan fingerprint density at radius 1 is 1.14 bits per heavy atom. The van der Waals surface area contributed by atoms with E-state index in [-0.39, 0.29) is 11.1 Å². The van der Waals surface area contributed by atoms with Crippen LogP contribution in [0.15, 0.2) is 47.6 Å². The van der Waals surface area contributed by atoms with E-state index in [9.17, 15) is 9.59 Å². The molecule has 3 rings (SSSR count). The van der Waals surface area contributed by atoms with Gasteiger partial charge in [0.15, 0.2) is 0 Å². The van der Waals surface area contributed by atoms with Gasteiger partial charge in [0.2, 0.25) is 0 Å². The molecule has 0 N–H and O–H groups in total. The van der Waals surface area contributed by atoms with E-state index < -0.39 is 23.6 Å². The van der Waals surface area contributed by atoms with Gasteiger partial charge in [-0.25, -0.2) is 9.59 Å². The number of rotatable bonds is 3. The van der Waals surface area contributed by atoms with Crippen LogP contribution in [0.2, 0.25) is 5.02 Å². The summed E-state index contributed by atoms with van der Waals surface area (Å²) in [6.45, 7) is 0. The number of carbonyl (C=O) groups excluding carboxylic acids is 2. The van der Waals surface area contributed by atoms with Gasteiger partial charge in [-0.3, -0.25) is 0 Å². The first kappa shape index (κ1) is 14.8. The highest BCUT2D eigenvalue weighted by Gasteiger charge is 2.55. The monoisotopic (exact) mass is 320 g/mol. The van der Waals surface area contributed by atoms with Crippen molar-refractivity contribution in [2.45, 2.75) is 11.7 Å². The molecule has 1 aromatic rings. The molecule has 0 saturated heterocycles. The number of benzene rings is 1. The lowest BCUT2D eigenvalue weighted by molar-refractivity contribution is -0.139. The topological polar surface area (TPSA) is 61.8 Å². The van der Waals surface area contributed by atoms with Crippen molar-refractivity contribution in [2.24, 2.45) is 0 Å². The fourth-order valence-corrected chi connectivity index (χ4v) is 2.97. The van der Waals surface area contributed by atoms with Crippen LogP contribution in [0.3, 0.4) is 0 Å². The molecule has 2 heterocycles. The Balaban J connectivity index is 2.19. The lowest BCUT2D eigenvalue weighted by atomic mass is 9.81. The average molecular weight is 321 g/mol. The fraction of sp³-hybridized carbons (Fsp3) is 0.250. The van der Waals surface area contributed by atoms with Gasteiger partial charge in [-0.2, -0.15) is 0 Å². The van der Waals surface area contributed by atoms with E-state index in [1.807, 2.05) is 0 Å². The van der Waals surface area contributed by atoms with Crippen molar-refractivity contribution >= 4 is 23.5 Å². The van der Waals surface area contributed by atoms with Gasteiger partial charge < -0.3 is 14.2 Å². The lowest BCUT2D eigenvalue weighted by Gasteiger charge is -2.26. The Labute approximate surface area is 132 Å². The van der Waals surface area contributed by atoms with Crippen LogP contribution < -0.4 is 0 Å². The zero-order valence-corrected chi connectivity index (χ0v) is 12.7. The molecule has 2 bridgehead atoms. The van der Waals surface area contributed by atoms with Crippen LogP contribution >= 0.6 is 11.6 Å². The molecule has 0 saturated carbocycles. The molecule has 0 radical (unpaired) electrons. The van der Waals surface area contributed by atoms with Crippen molar-refractivity contribution in [1.29, 1.82) is 0 Å². The molecule has 22 heavy (non-hydrogen) atoms. The molecule has 6 heteroatoms. The molecule has 0 amide bonds. The van der Waals surface area contributed by atoms with E-state index in [1.54, 1.807) is 36.4 Å². The third kappa shape index (κ3) is 1.97. The van der Waals surface area contributed by atoms with Crippen molar-refractivity contribution in [1.82, 2.24) is 0 Å². The minimum atomic E-state index is -1.15. The van der Waals surface area contributed by atoms with Crippen LogP contribution in [-0.2, 0) is 29.4 Å². The summed E-state index contributed by atoms with van der Waals surface area (Å²) in [6.07, 6.45) is 2.85. The summed E-state index contributed by atoms with van der Waals surface area (Å²) in [4.78, 5) is 24.3. The minimum absolute atomic E-state index is 0.150. The Morgan fingerprint density at radius 3 is 2.36 bits per heavy atom. The summed E-state index contributed by atoms with van der Waals surface area (Å²) in [5.41, 5.74) is -0.135. The maximum absolute atomic E-state index is 12.3. The number of ether oxygens (including phenoxy) is 3. The summed E-state index contributed by atoms with van der Waals surface area (Å²) in [7, 11) is 2.52. The molecule has 1 aromatic carbocycles. The second-order valence-corrected chi connectivity index (χ2v) is 5.35. The zero-order valence-electron chi connectivity index (χ0n) is 12.0. The SMILES string of the molecule is COC(=O)C1=C(C(=O)OC)C2(c3ccc(Cl)cc3)C=CC1O2. The number of carbonyl (C=O) groups is 2. The van der Waals surface area contributed by atoms with Crippen LogP contribution in [0.5, 0.6) is 0 Å². The Kier molecular flexibility index (Phi) is 3.54. The van der Waals surface area contributed by atoms with Gasteiger partial charge in [-0.15, -0.1) is 0 Å². The van der Waals surface area contributed by atoms with Crippen LogP contribution in [0.4, 0.5) is 0 Å². The van der Waals surface area contributed by atoms with Gasteiger partial charge in [0, 0.05) is 5.02 Å². The van der Waals surface area contributed by atoms with Crippen LogP contribution in [0.1, 0.15) is 5.56 Å². The van der Waals surface area contributed by atoms with Crippen molar-refractivity contribution in [2.75, 3.05) is 14.2 Å². The highest BCUT2D eigenvalue weighted by Crippen LogP contribution is 2.50. The molecule has 0 spiro atoms. The maximum atomic E-state index is 12.3. The van der Waals surface area contributed by atoms with E-state index >= 15 is 0 Å². The molecule has 2 aliphatic heterocycles. The number of methoxy groups -OCH3 is 2. The van der Waals surface area contributed by atoms with E-state index in [4.69, 9.17) is 25.8 Å². The fourth-order valence-electron chi connectivity index (χ4n) is 2.84. The number of hydrogen-bond acceptors (Lipinski definition) is 5.